The van der Waals surface area contributed by atoms with Crippen LogP contribution in [0.25, 0.3) is 11.2 Å². The van der Waals surface area contributed by atoms with Crippen molar-refractivity contribution in [3.63, 3.8) is 0 Å². The zero-order chi connectivity index (χ0) is 18.8. The number of nitrogens with one attached hydrogen (secondary N) is 1. The minimum absolute atomic E-state index is 0.110. The molecule has 0 radical (unpaired) electrons. The SMILES string of the molecule is CCOc1ccccc1NC(=O)N1CC[C@H](c2nc3cccnc3n2C)C1. The number of urea groups is 1. The Morgan fingerprint density at radius 3 is 2.96 bits per heavy atom. The fourth-order valence-electron chi connectivity index (χ4n) is 3.61. The maximum absolute atomic E-state index is 12.7. The number of nitrogens with zero attached hydrogens (tertiary/aromatic N) is 4. The average Bonchev–Trinajstić information content (AvgIpc) is 3.29. The molecule has 0 unspecified atom stereocenters. The van der Waals surface area contributed by atoms with E-state index in [9.17, 15) is 4.79 Å². The number of hydrogen-bond donors (Lipinski definition) is 1. The second-order valence-corrected chi connectivity index (χ2v) is 6.67. The summed E-state index contributed by atoms with van der Waals surface area (Å²) in [7, 11) is 1.98. The van der Waals surface area contributed by atoms with Crippen LogP contribution in [0.4, 0.5) is 10.5 Å². The minimum Gasteiger partial charge on any atom is -0.492 e. The largest absolute Gasteiger partial charge is 0.492 e. The Hall–Kier alpha value is -3.09. The highest BCUT2D eigenvalue weighted by atomic mass is 16.5. The van der Waals surface area contributed by atoms with Crippen molar-refractivity contribution in [3.8, 4) is 5.75 Å². The van der Waals surface area contributed by atoms with E-state index in [2.05, 4.69) is 10.3 Å². The molecule has 7 heteroatoms. The van der Waals surface area contributed by atoms with Gasteiger partial charge in [0.25, 0.3) is 0 Å². The number of pyridine rings is 1. The lowest BCUT2D eigenvalue weighted by Crippen LogP contribution is -2.33. The average molecular weight is 365 g/mol. The van der Waals surface area contributed by atoms with E-state index in [0.717, 1.165) is 23.4 Å². The predicted molar refractivity (Wildman–Crippen MR) is 104 cm³/mol. The number of aromatic nitrogens is 3. The van der Waals surface area contributed by atoms with E-state index >= 15 is 0 Å². The summed E-state index contributed by atoms with van der Waals surface area (Å²) in [6.07, 6.45) is 2.66. The van der Waals surface area contributed by atoms with Crippen molar-refractivity contribution in [2.75, 3.05) is 25.0 Å². The number of anilines is 1. The molecule has 7 nitrogen and oxygen atoms in total. The lowest BCUT2D eigenvalue weighted by atomic mass is 10.1. The van der Waals surface area contributed by atoms with Gasteiger partial charge in [-0.2, -0.15) is 0 Å². The van der Waals surface area contributed by atoms with E-state index in [1.54, 1.807) is 6.20 Å². The quantitative estimate of drug-likeness (QED) is 0.769. The molecule has 2 aromatic heterocycles. The van der Waals surface area contributed by atoms with Gasteiger partial charge in [0, 0.05) is 32.3 Å². The lowest BCUT2D eigenvalue weighted by molar-refractivity contribution is 0.221. The third-order valence-corrected chi connectivity index (χ3v) is 4.93. The fourth-order valence-corrected chi connectivity index (χ4v) is 3.61. The molecular formula is C20H23N5O2. The molecule has 0 saturated carbocycles. The van der Waals surface area contributed by atoms with Crippen molar-refractivity contribution in [1.82, 2.24) is 19.4 Å². The Labute approximate surface area is 158 Å². The van der Waals surface area contributed by atoms with Crippen molar-refractivity contribution >= 4 is 22.9 Å². The molecule has 1 aromatic carbocycles. The molecule has 1 aliphatic heterocycles. The first-order valence-electron chi connectivity index (χ1n) is 9.22. The highest BCUT2D eigenvalue weighted by Crippen LogP contribution is 2.30. The second kappa shape index (κ2) is 7.26. The number of aryl methyl sites for hydroxylation is 1. The topological polar surface area (TPSA) is 72.3 Å². The molecule has 0 spiro atoms. The highest BCUT2D eigenvalue weighted by Gasteiger charge is 2.31. The number of carbonyl (C=O) groups excluding carboxylic acids is 1. The van der Waals surface area contributed by atoms with Gasteiger partial charge in [-0.25, -0.2) is 14.8 Å². The van der Waals surface area contributed by atoms with Crippen molar-refractivity contribution in [3.05, 3.63) is 48.4 Å². The number of ether oxygens (including phenoxy) is 1. The van der Waals surface area contributed by atoms with Crippen LogP contribution in [-0.2, 0) is 7.05 Å². The molecule has 0 aliphatic carbocycles. The molecule has 1 aliphatic rings. The van der Waals surface area contributed by atoms with Crippen LogP contribution in [0, 0.1) is 0 Å². The molecule has 0 bridgehead atoms. The summed E-state index contributed by atoms with van der Waals surface area (Å²) in [5, 5.41) is 2.97. The molecule has 1 fully saturated rings. The smallest absolute Gasteiger partial charge is 0.321 e. The van der Waals surface area contributed by atoms with Gasteiger partial charge in [0.15, 0.2) is 5.65 Å². The van der Waals surface area contributed by atoms with Gasteiger partial charge in [-0.15, -0.1) is 0 Å². The van der Waals surface area contributed by atoms with Crippen molar-refractivity contribution in [2.24, 2.45) is 7.05 Å². The second-order valence-electron chi connectivity index (χ2n) is 6.67. The van der Waals surface area contributed by atoms with Gasteiger partial charge in [0.1, 0.15) is 17.1 Å². The molecular weight excluding hydrogens is 342 g/mol. The van der Waals surface area contributed by atoms with Crippen LogP contribution in [0.1, 0.15) is 25.1 Å². The summed E-state index contributed by atoms with van der Waals surface area (Å²) in [5.74, 6) is 1.87. The van der Waals surface area contributed by atoms with E-state index in [0.29, 0.717) is 31.1 Å². The van der Waals surface area contributed by atoms with Gasteiger partial charge in [-0.3, -0.25) is 0 Å². The van der Waals surface area contributed by atoms with Gasteiger partial charge < -0.3 is 19.5 Å². The first kappa shape index (κ1) is 17.3. The van der Waals surface area contributed by atoms with Crippen molar-refractivity contribution < 1.29 is 9.53 Å². The Kier molecular flexibility index (Phi) is 4.66. The number of para-hydroxylation sites is 2. The van der Waals surface area contributed by atoms with E-state index in [4.69, 9.17) is 9.72 Å². The Morgan fingerprint density at radius 1 is 1.30 bits per heavy atom. The number of likely N-dealkylation sites (tertiary alicyclic amines) is 1. The molecule has 140 valence electrons. The minimum atomic E-state index is -0.110. The molecule has 3 aromatic rings. The monoisotopic (exact) mass is 365 g/mol. The third-order valence-electron chi connectivity index (χ3n) is 4.93. The fraction of sp³-hybridized carbons (Fsp3) is 0.350. The summed E-state index contributed by atoms with van der Waals surface area (Å²) >= 11 is 0. The number of hydrogen-bond acceptors (Lipinski definition) is 4. The molecule has 1 N–H and O–H groups in total. The molecule has 2 amide bonds. The van der Waals surface area contributed by atoms with Crippen molar-refractivity contribution in [2.45, 2.75) is 19.3 Å². The molecule has 3 heterocycles. The number of amides is 2. The van der Waals surface area contributed by atoms with Crippen LogP contribution in [0.15, 0.2) is 42.6 Å². The van der Waals surface area contributed by atoms with Gasteiger partial charge in [0.05, 0.1) is 12.3 Å². The summed E-state index contributed by atoms with van der Waals surface area (Å²) in [5.41, 5.74) is 2.46. The summed E-state index contributed by atoms with van der Waals surface area (Å²) in [6.45, 7) is 3.82. The molecule has 1 saturated heterocycles. The maximum atomic E-state index is 12.7. The number of carbonyl (C=O) groups is 1. The zero-order valence-corrected chi connectivity index (χ0v) is 15.6. The number of benzene rings is 1. The summed E-state index contributed by atoms with van der Waals surface area (Å²) < 4.78 is 7.62. The van der Waals surface area contributed by atoms with Crippen LogP contribution in [0.2, 0.25) is 0 Å². The molecule has 1 atom stereocenters. The normalized spacial score (nSPS) is 16.7. The van der Waals surface area contributed by atoms with Crippen LogP contribution >= 0.6 is 0 Å². The summed E-state index contributed by atoms with van der Waals surface area (Å²) in [4.78, 5) is 23.7. The number of fused-ring (bicyclic) bond motifs is 1. The molecule has 4 rings (SSSR count). The Bertz CT molecular complexity index is 968. The first-order chi connectivity index (χ1) is 13.2. The lowest BCUT2D eigenvalue weighted by Gasteiger charge is -2.19. The maximum Gasteiger partial charge on any atom is 0.321 e. The van der Waals surface area contributed by atoms with Gasteiger partial charge in [-0.1, -0.05) is 12.1 Å². The van der Waals surface area contributed by atoms with Crippen molar-refractivity contribution in [1.29, 1.82) is 0 Å². The zero-order valence-electron chi connectivity index (χ0n) is 15.6. The number of rotatable bonds is 4. The van der Waals surface area contributed by atoms with Gasteiger partial charge >= 0.3 is 6.03 Å². The van der Waals surface area contributed by atoms with Crippen LogP contribution in [0.5, 0.6) is 5.75 Å². The Morgan fingerprint density at radius 2 is 2.15 bits per heavy atom. The van der Waals surface area contributed by atoms with Crippen LogP contribution in [-0.4, -0.2) is 45.2 Å². The van der Waals surface area contributed by atoms with E-state index in [1.807, 2.05) is 59.8 Å². The summed E-state index contributed by atoms with van der Waals surface area (Å²) in [6, 6.07) is 11.2. The van der Waals surface area contributed by atoms with E-state index in [-0.39, 0.29) is 11.9 Å². The standard InChI is InChI=1S/C20H23N5O2/c1-3-27-17-9-5-4-7-15(17)23-20(26)25-12-10-14(13-25)18-22-16-8-6-11-21-19(16)24(18)2/h4-9,11,14H,3,10,12-13H2,1-2H3,(H,23,26)/t14-/m0/s1. The van der Waals surface area contributed by atoms with Gasteiger partial charge in [0.2, 0.25) is 0 Å². The number of imidazole rings is 1. The third kappa shape index (κ3) is 3.32. The predicted octanol–water partition coefficient (Wildman–Crippen LogP) is 3.39. The van der Waals surface area contributed by atoms with Crippen LogP contribution in [0.3, 0.4) is 0 Å². The van der Waals surface area contributed by atoms with E-state index < -0.39 is 0 Å². The highest BCUT2D eigenvalue weighted by molar-refractivity contribution is 5.91. The van der Waals surface area contributed by atoms with Crippen LogP contribution < -0.4 is 10.1 Å². The first-order valence-corrected chi connectivity index (χ1v) is 9.22. The van der Waals surface area contributed by atoms with Gasteiger partial charge in [-0.05, 0) is 37.6 Å². The Balaban J connectivity index is 1.47. The van der Waals surface area contributed by atoms with E-state index in [1.165, 1.54) is 0 Å². The molecule has 27 heavy (non-hydrogen) atoms.